The Bertz CT molecular complexity index is 868. The van der Waals surface area contributed by atoms with E-state index in [0.29, 0.717) is 0 Å². The molecule has 8 heteroatoms. The van der Waals surface area contributed by atoms with Crippen LogP contribution in [0.2, 0.25) is 0 Å². The van der Waals surface area contributed by atoms with E-state index >= 15 is 0 Å². The number of Topliss-reactive ketones (excluding diaryl/α,β-unsaturated/α-hetero) is 1. The van der Waals surface area contributed by atoms with Crippen molar-refractivity contribution in [2.75, 3.05) is 11.9 Å². The van der Waals surface area contributed by atoms with E-state index in [4.69, 9.17) is 4.74 Å². The van der Waals surface area contributed by atoms with Gasteiger partial charge in [-0.15, -0.1) is 0 Å². The number of hydrogen-bond donors (Lipinski definition) is 4. The maximum atomic E-state index is 11.9. The van der Waals surface area contributed by atoms with Crippen molar-refractivity contribution in [2.24, 2.45) is 0 Å². The van der Waals surface area contributed by atoms with Crippen molar-refractivity contribution in [3.63, 3.8) is 0 Å². The summed E-state index contributed by atoms with van der Waals surface area (Å²) in [5, 5.41) is 25.2. The minimum Gasteiger partial charge on any atom is -0.445 e. The number of carbonyl (C=O) groups is 3. The van der Waals surface area contributed by atoms with E-state index < -0.39 is 30.0 Å². The van der Waals surface area contributed by atoms with Crippen LogP contribution in [0.3, 0.4) is 0 Å². The van der Waals surface area contributed by atoms with Gasteiger partial charge < -0.3 is 25.6 Å². The molecule has 4 N–H and O–H groups in total. The standard InChI is InChI=1S/C19H18N2O6/c22-14(9-20-19(26)27-10-11-5-2-1-3-6-11)16(23)12-7-4-8-13-15(12)17(24)18(25)21-13/h1-8,14,16,22-23H,9-10H2,(H,20,26)(H,21,24,25). The van der Waals surface area contributed by atoms with Gasteiger partial charge in [-0.1, -0.05) is 42.5 Å². The van der Waals surface area contributed by atoms with Crippen LogP contribution >= 0.6 is 0 Å². The van der Waals surface area contributed by atoms with Crippen LogP contribution in [0, 0.1) is 0 Å². The molecule has 27 heavy (non-hydrogen) atoms. The highest BCUT2D eigenvalue weighted by atomic mass is 16.5. The average molecular weight is 370 g/mol. The van der Waals surface area contributed by atoms with E-state index in [1.807, 2.05) is 18.2 Å². The summed E-state index contributed by atoms with van der Waals surface area (Å²) >= 11 is 0. The average Bonchev–Trinajstić information content (AvgIpc) is 2.98. The van der Waals surface area contributed by atoms with Crippen molar-refractivity contribution in [2.45, 2.75) is 18.8 Å². The topological polar surface area (TPSA) is 125 Å². The number of nitrogens with one attached hydrogen (secondary N) is 2. The number of ether oxygens (including phenoxy) is 1. The first-order chi connectivity index (χ1) is 13.0. The Morgan fingerprint density at radius 3 is 2.56 bits per heavy atom. The Morgan fingerprint density at radius 1 is 1.07 bits per heavy atom. The molecule has 0 saturated heterocycles. The Morgan fingerprint density at radius 2 is 1.81 bits per heavy atom. The summed E-state index contributed by atoms with van der Waals surface area (Å²) in [6, 6.07) is 13.6. The van der Waals surface area contributed by atoms with Crippen molar-refractivity contribution in [1.82, 2.24) is 5.32 Å². The Hall–Kier alpha value is -3.23. The fourth-order valence-corrected chi connectivity index (χ4v) is 2.75. The minimum absolute atomic E-state index is 0.0284. The van der Waals surface area contributed by atoms with E-state index in [9.17, 15) is 24.6 Å². The number of aliphatic hydroxyl groups is 2. The number of benzene rings is 2. The normalized spacial score (nSPS) is 14.9. The summed E-state index contributed by atoms with van der Waals surface area (Å²) in [4.78, 5) is 35.2. The van der Waals surface area contributed by atoms with Crippen LogP contribution in [0.4, 0.5) is 10.5 Å². The van der Waals surface area contributed by atoms with Crippen LogP contribution < -0.4 is 10.6 Å². The molecule has 0 aliphatic carbocycles. The summed E-state index contributed by atoms with van der Waals surface area (Å²) in [5.74, 6) is -1.57. The zero-order chi connectivity index (χ0) is 19.4. The number of aliphatic hydroxyl groups excluding tert-OH is 2. The molecule has 0 fully saturated rings. The largest absolute Gasteiger partial charge is 0.445 e. The lowest BCUT2D eigenvalue weighted by atomic mass is 9.96. The van der Waals surface area contributed by atoms with Crippen molar-refractivity contribution in [3.8, 4) is 0 Å². The number of anilines is 1. The fraction of sp³-hybridized carbons (Fsp3) is 0.211. The molecule has 1 aliphatic rings. The number of alkyl carbamates (subject to hydrolysis) is 1. The van der Waals surface area contributed by atoms with Crippen molar-refractivity contribution < 1.29 is 29.3 Å². The summed E-state index contributed by atoms with van der Waals surface area (Å²) in [5.41, 5.74) is 1.23. The number of hydrogen-bond acceptors (Lipinski definition) is 6. The van der Waals surface area contributed by atoms with E-state index in [1.54, 1.807) is 18.2 Å². The van der Waals surface area contributed by atoms with Gasteiger partial charge in [-0.3, -0.25) is 9.59 Å². The maximum Gasteiger partial charge on any atom is 0.407 e. The molecule has 0 bridgehead atoms. The zero-order valence-corrected chi connectivity index (χ0v) is 14.2. The molecular formula is C19H18N2O6. The second kappa shape index (κ2) is 7.98. The lowest BCUT2D eigenvalue weighted by Gasteiger charge is -2.20. The molecule has 2 atom stereocenters. The molecule has 1 aliphatic heterocycles. The fourth-order valence-electron chi connectivity index (χ4n) is 2.75. The Balaban J connectivity index is 1.57. The van der Waals surface area contributed by atoms with Crippen LogP contribution in [0.25, 0.3) is 0 Å². The van der Waals surface area contributed by atoms with E-state index in [-0.39, 0.29) is 30.0 Å². The van der Waals surface area contributed by atoms with Gasteiger partial charge in [0.2, 0.25) is 0 Å². The van der Waals surface area contributed by atoms with Gasteiger partial charge >= 0.3 is 6.09 Å². The van der Waals surface area contributed by atoms with Gasteiger partial charge in [0.15, 0.2) is 0 Å². The summed E-state index contributed by atoms with van der Waals surface area (Å²) in [6.07, 6.45) is -3.62. The van der Waals surface area contributed by atoms with Crippen molar-refractivity contribution in [3.05, 3.63) is 65.2 Å². The van der Waals surface area contributed by atoms with Crippen LogP contribution in [0.1, 0.15) is 27.6 Å². The molecule has 0 spiro atoms. The Kier molecular flexibility index (Phi) is 5.49. The monoisotopic (exact) mass is 370 g/mol. The van der Waals surface area contributed by atoms with Gasteiger partial charge in [0.1, 0.15) is 18.8 Å². The van der Waals surface area contributed by atoms with Crippen molar-refractivity contribution >= 4 is 23.5 Å². The van der Waals surface area contributed by atoms with Gasteiger partial charge in [-0.05, 0) is 17.2 Å². The van der Waals surface area contributed by atoms with Crippen LogP contribution in [-0.2, 0) is 16.1 Å². The molecular weight excluding hydrogens is 352 g/mol. The minimum atomic E-state index is -1.47. The molecule has 2 aromatic rings. The third kappa shape index (κ3) is 4.13. The second-order valence-corrected chi connectivity index (χ2v) is 6.01. The predicted octanol–water partition coefficient (Wildman–Crippen LogP) is 1.14. The summed E-state index contributed by atoms with van der Waals surface area (Å²) < 4.78 is 5.02. The first kappa shape index (κ1) is 18.6. The SMILES string of the molecule is O=C(NCC(O)C(O)c1cccc2c1C(=O)C(=O)N2)OCc1ccccc1. The number of amides is 2. The zero-order valence-electron chi connectivity index (χ0n) is 14.2. The molecule has 2 aromatic carbocycles. The molecule has 1 heterocycles. The van der Waals surface area contributed by atoms with Gasteiger partial charge in [0.05, 0.1) is 11.3 Å². The number of fused-ring (bicyclic) bond motifs is 1. The molecule has 3 rings (SSSR count). The predicted molar refractivity (Wildman–Crippen MR) is 95.0 cm³/mol. The van der Waals surface area contributed by atoms with E-state index in [2.05, 4.69) is 10.6 Å². The van der Waals surface area contributed by atoms with E-state index in [0.717, 1.165) is 5.56 Å². The lowest BCUT2D eigenvalue weighted by Crippen LogP contribution is -2.36. The van der Waals surface area contributed by atoms with E-state index in [1.165, 1.54) is 12.1 Å². The first-order valence-electron chi connectivity index (χ1n) is 8.26. The molecule has 8 nitrogen and oxygen atoms in total. The number of carbonyl (C=O) groups excluding carboxylic acids is 3. The van der Waals surface area contributed by atoms with Crippen LogP contribution in [0.5, 0.6) is 0 Å². The quantitative estimate of drug-likeness (QED) is 0.565. The maximum absolute atomic E-state index is 11.9. The highest BCUT2D eigenvalue weighted by Gasteiger charge is 2.34. The molecule has 2 unspecified atom stereocenters. The second-order valence-electron chi connectivity index (χ2n) is 6.01. The number of ketones is 1. The first-order valence-corrected chi connectivity index (χ1v) is 8.26. The number of rotatable bonds is 6. The van der Waals surface area contributed by atoms with Crippen molar-refractivity contribution in [1.29, 1.82) is 0 Å². The molecule has 2 amide bonds. The highest BCUT2D eigenvalue weighted by Crippen LogP contribution is 2.31. The Labute approximate surface area is 154 Å². The van der Waals surface area contributed by atoms with Gasteiger partial charge in [-0.2, -0.15) is 0 Å². The summed E-state index contributed by atoms with van der Waals surface area (Å²) in [7, 11) is 0. The molecule has 0 radical (unpaired) electrons. The molecule has 0 aromatic heterocycles. The van der Waals surface area contributed by atoms with Crippen LogP contribution in [0.15, 0.2) is 48.5 Å². The van der Waals surface area contributed by atoms with Gasteiger partial charge in [-0.25, -0.2) is 4.79 Å². The van der Waals surface area contributed by atoms with Gasteiger partial charge in [0.25, 0.3) is 11.7 Å². The molecule has 0 saturated carbocycles. The highest BCUT2D eigenvalue weighted by molar-refractivity contribution is 6.52. The van der Waals surface area contributed by atoms with Crippen LogP contribution in [-0.4, -0.2) is 40.6 Å². The molecule has 140 valence electrons. The van der Waals surface area contributed by atoms with Gasteiger partial charge in [0, 0.05) is 6.54 Å². The summed E-state index contributed by atoms with van der Waals surface area (Å²) in [6.45, 7) is -0.228. The third-order valence-corrected chi connectivity index (χ3v) is 4.13. The third-order valence-electron chi connectivity index (χ3n) is 4.13. The lowest BCUT2D eigenvalue weighted by molar-refractivity contribution is -0.112. The smallest absolute Gasteiger partial charge is 0.407 e.